The lowest BCUT2D eigenvalue weighted by atomic mass is 9.95. The molecule has 2 aromatic heterocycles. The first-order valence-corrected chi connectivity index (χ1v) is 7.92. The Kier molecular flexibility index (Phi) is 3.14. The summed E-state index contributed by atoms with van der Waals surface area (Å²) < 4.78 is 32.5. The number of hydrogen-bond donors (Lipinski definition) is 2. The van der Waals surface area contributed by atoms with Crippen LogP contribution in [0.5, 0.6) is 0 Å². The van der Waals surface area contributed by atoms with E-state index in [-0.39, 0.29) is 10.9 Å². The van der Waals surface area contributed by atoms with E-state index in [4.69, 9.17) is 4.52 Å². The second-order valence-electron chi connectivity index (χ2n) is 5.09. The monoisotopic (exact) mass is 296 g/mol. The molecule has 0 amide bonds. The lowest BCUT2D eigenvalue weighted by molar-refractivity contribution is 0.390. The molecular weight excluding hydrogens is 280 g/mol. The Morgan fingerprint density at radius 2 is 2.25 bits per heavy atom. The molecule has 2 heterocycles. The van der Waals surface area contributed by atoms with E-state index in [1.54, 1.807) is 20.0 Å². The third-order valence-electron chi connectivity index (χ3n) is 3.58. The third kappa shape index (κ3) is 2.25. The van der Waals surface area contributed by atoms with Crippen molar-refractivity contribution in [3.63, 3.8) is 0 Å². The fourth-order valence-electron chi connectivity index (χ4n) is 2.65. The van der Waals surface area contributed by atoms with Gasteiger partial charge in [-0.3, -0.25) is 5.10 Å². The number of aryl methyl sites for hydroxylation is 3. The largest absolute Gasteiger partial charge is 0.360 e. The standard InChI is InChI=1S/C12H16N4O3S/c1-7-12(8(2)19-15-7)20(17,18)16-10-4-3-9-6-13-14-11(9)5-10/h6,10,16H,3-5H2,1-2H3,(H,13,14). The number of nitrogens with zero attached hydrogens (tertiary/aromatic N) is 2. The highest BCUT2D eigenvalue weighted by molar-refractivity contribution is 7.89. The summed E-state index contributed by atoms with van der Waals surface area (Å²) in [5, 5.41) is 10.6. The first-order valence-electron chi connectivity index (χ1n) is 6.43. The highest BCUT2D eigenvalue weighted by atomic mass is 32.2. The van der Waals surface area contributed by atoms with Crippen LogP contribution >= 0.6 is 0 Å². The van der Waals surface area contributed by atoms with Crippen LogP contribution < -0.4 is 4.72 Å². The van der Waals surface area contributed by atoms with E-state index in [0.29, 0.717) is 17.9 Å². The van der Waals surface area contributed by atoms with Crippen LogP contribution in [0.2, 0.25) is 0 Å². The summed E-state index contributed by atoms with van der Waals surface area (Å²) >= 11 is 0. The van der Waals surface area contributed by atoms with Gasteiger partial charge in [0.2, 0.25) is 10.0 Å². The molecule has 0 bridgehead atoms. The maximum atomic E-state index is 12.4. The minimum Gasteiger partial charge on any atom is -0.360 e. The van der Waals surface area contributed by atoms with Gasteiger partial charge in [-0.2, -0.15) is 5.10 Å². The maximum absolute atomic E-state index is 12.4. The Bertz CT molecular complexity index is 712. The highest BCUT2D eigenvalue weighted by Gasteiger charge is 2.29. The molecule has 1 unspecified atom stereocenters. The van der Waals surface area contributed by atoms with E-state index < -0.39 is 10.0 Å². The quantitative estimate of drug-likeness (QED) is 0.874. The molecule has 20 heavy (non-hydrogen) atoms. The number of aromatic amines is 1. The van der Waals surface area contributed by atoms with Gasteiger partial charge in [-0.05, 0) is 32.3 Å². The summed E-state index contributed by atoms with van der Waals surface area (Å²) in [6, 6.07) is -0.137. The molecule has 1 aliphatic carbocycles. The second-order valence-corrected chi connectivity index (χ2v) is 6.74. The normalized spacial score (nSPS) is 19.0. The van der Waals surface area contributed by atoms with Crippen molar-refractivity contribution in [1.82, 2.24) is 20.1 Å². The molecule has 2 N–H and O–H groups in total. The minimum absolute atomic E-state index is 0.137. The van der Waals surface area contributed by atoms with Crippen molar-refractivity contribution in [3.05, 3.63) is 28.9 Å². The topological polar surface area (TPSA) is 101 Å². The van der Waals surface area contributed by atoms with E-state index in [9.17, 15) is 8.42 Å². The Balaban J connectivity index is 1.82. The van der Waals surface area contributed by atoms with Crippen LogP contribution in [0.25, 0.3) is 0 Å². The van der Waals surface area contributed by atoms with Crippen LogP contribution in [-0.2, 0) is 22.9 Å². The first kappa shape index (κ1) is 13.3. The van der Waals surface area contributed by atoms with Crippen LogP contribution in [0.15, 0.2) is 15.6 Å². The average Bonchev–Trinajstić information content (AvgIpc) is 2.95. The zero-order valence-corrected chi connectivity index (χ0v) is 12.1. The summed E-state index contributed by atoms with van der Waals surface area (Å²) in [4.78, 5) is 0.146. The van der Waals surface area contributed by atoms with E-state index in [0.717, 1.165) is 24.1 Å². The summed E-state index contributed by atoms with van der Waals surface area (Å²) in [6.07, 6.45) is 4.00. The molecule has 0 fully saturated rings. The van der Waals surface area contributed by atoms with Crippen LogP contribution in [0.4, 0.5) is 0 Å². The number of hydrogen-bond acceptors (Lipinski definition) is 5. The van der Waals surface area contributed by atoms with Crippen molar-refractivity contribution in [3.8, 4) is 0 Å². The van der Waals surface area contributed by atoms with Crippen LogP contribution in [-0.4, -0.2) is 29.8 Å². The van der Waals surface area contributed by atoms with Crippen molar-refractivity contribution in [2.75, 3.05) is 0 Å². The predicted molar refractivity (Wildman–Crippen MR) is 70.7 cm³/mol. The van der Waals surface area contributed by atoms with Crippen molar-refractivity contribution < 1.29 is 12.9 Å². The summed E-state index contributed by atoms with van der Waals surface area (Å²) in [5.41, 5.74) is 2.55. The van der Waals surface area contributed by atoms with Gasteiger partial charge in [0.25, 0.3) is 0 Å². The summed E-state index contributed by atoms with van der Waals surface area (Å²) in [7, 11) is -3.60. The van der Waals surface area contributed by atoms with Crippen molar-refractivity contribution in [1.29, 1.82) is 0 Å². The van der Waals surface area contributed by atoms with E-state index in [1.807, 2.05) is 0 Å². The van der Waals surface area contributed by atoms with Crippen LogP contribution in [0, 0.1) is 13.8 Å². The molecule has 108 valence electrons. The third-order valence-corrected chi connectivity index (χ3v) is 5.34. The predicted octanol–water partition coefficient (Wildman–Crippen LogP) is 0.850. The van der Waals surface area contributed by atoms with E-state index >= 15 is 0 Å². The van der Waals surface area contributed by atoms with Gasteiger partial charge in [0.05, 0.1) is 6.20 Å². The van der Waals surface area contributed by atoms with Crippen molar-refractivity contribution >= 4 is 10.0 Å². The van der Waals surface area contributed by atoms with Gasteiger partial charge in [-0.1, -0.05) is 5.16 Å². The number of H-pyrrole nitrogens is 1. The highest BCUT2D eigenvalue weighted by Crippen LogP contribution is 2.23. The fraction of sp³-hybridized carbons (Fsp3) is 0.500. The molecule has 0 aromatic carbocycles. The molecule has 0 saturated heterocycles. The molecular formula is C12H16N4O3S. The van der Waals surface area contributed by atoms with Gasteiger partial charge in [0.1, 0.15) is 10.6 Å². The SMILES string of the molecule is Cc1noc(C)c1S(=O)(=O)NC1CCc2cn[nH]c2C1. The van der Waals surface area contributed by atoms with Crippen LogP contribution in [0.1, 0.15) is 29.1 Å². The number of rotatable bonds is 3. The number of aromatic nitrogens is 3. The first-order chi connectivity index (χ1) is 9.47. The molecule has 3 rings (SSSR count). The molecule has 0 aliphatic heterocycles. The molecule has 2 aromatic rings. The molecule has 7 nitrogen and oxygen atoms in total. The molecule has 1 aliphatic rings. The van der Waals surface area contributed by atoms with Crippen LogP contribution in [0.3, 0.4) is 0 Å². The lowest BCUT2D eigenvalue weighted by Gasteiger charge is -2.22. The smallest absolute Gasteiger partial charge is 0.246 e. The Morgan fingerprint density at radius 3 is 2.95 bits per heavy atom. The zero-order chi connectivity index (χ0) is 14.3. The summed E-state index contributed by atoms with van der Waals surface area (Å²) in [6.45, 7) is 3.22. The molecule has 0 radical (unpaired) electrons. The number of fused-ring (bicyclic) bond motifs is 1. The van der Waals surface area contributed by atoms with Gasteiger partial charge < -0.3 is 4.52 Å². The van der Waals surface area contributed by atoms with E-state index in [2.05, 4.69) is 20.1 Å². The van der Waals surface area contributed by atoms with Gasteiger partial charge in [0.15, 0.2) is 5.76 Å². The van der Waals surface area contributed by atoms with Gasteiger partial charge in [-0.25, -0.2) is 13.1 Å². The number of nitrogens with one attached hydrogen (secondary N) is 2. The van der Waals surface area contributed by atoms with E-state index in [1.165, 1.54) is 0 Å². The second kappa shape index (κ2) is 4.71. The number of sulfonamides is 1. The molecule has 1 atom stereocenters. The Labute approximate surface area is 116 Å². The molecule has 0 spiro atoms. The molecule has 0 saturated carbocycles. The van der Waals surface area contributed by atoms with Gasteiger partial charge >= 0.3 is 0 Å². The summed E-state index contributed by atoms with van der Waals surface area (Å²) in [5.74, 6) is 0.313. The average molecular weight is 296 g/mol. The zero-order valence-electron chi connectivity index (χ0n) is 11.3. The van der Waals surface area contributed by atoms with Crippen molar-refractivity contribution in [2.45, 2.75) is 44.0 Å². The maximum Gasteiger partial charge on any atom is 0.246 e. The fourth-order valence-corrected chi connectivity index (χ4v) is 4.25. The minimum atomic E-state index is -3.60. The van der Waals surface area contributed by atoms with Gasteiger partial charge in [-0.15, -0.1) is 0 Å². The Hall–Kier alpha value is -1.67. The van der Waals surface area contributed by atoms with Gasteiger partial charge in [0, 0.05) is 18.2 Å². The Morgan fingerprint density at radius 1 is 1.45 bits per heavy atom. The van der Waals surface area contributed by atoms with Crippen molar-refractivity contribution in [2.24, 2.45) is 0 Å². The molecule has 8 heteroatoms. The lowest BCUT2D eigenvalue weighted by Crippen LogP contribution is -2.39.